The number of nitrogens with zero attached hydrogens (tertiary/aromatic N) is 3. The van der Waals surface area contributed by atoms with E-state index in [2.05, 4.69) is 28.4 Å². The third-order valence-corrected chi connectivity index (χ3v) is 3.13. The minimum atomic E-state index is 0.716. The molecule has 1 aromatic rings. The molecule has 0 aliphatic carbocycles. The zero-order valence-corrected chi connectivity index (χ0v) is 9.61. The quantitative estimate of drug-likeness (QED) is 0.787. The zero-order valence-electron chi connectivity index (χ0n) is 9.61. The summed E-state index contributed by atoms with van der Waals surface area (Å²) in [5.41, 5.74) is 1.12. The molecule has 1 N–H and O–H groups in total. The lowest BCUT2D eigenvalue weighted by atomic mass is 10.2. The molecular formula is C11H20N4. The number of aromatic nitrogens is 2. The molecule has 0 saturated carbocycles. The summed E-state index contributed by atoms with van der Waals surface area (Å²) in [7, 11) is 4.16. The predicted octanol–water partition coefficient (Wildman–Crippen LogP) is 0.604. The smallest absolute Gasteiger partial charge is 0.0762 e. The molecule has 1 fully saturated rings. The lowest BCUT2D eigenvalue weighted by Crippen LogP contribution is -2.35. The molecule has 0 spiro atoms. The summed E-state index contributed by atoms with van der Waals surface area (Å²) in [6, 6.07) is 2.78. The van der Waals surface area contributed by atoms with E-state index in [4.69, 9.17) is 0 Å². The van der Waals surface area contributed by atoms with Crippen molar-refractivity contribution in [2.45, 2.75) is 25.4 Å². The second-order valence-corrected chi connectivity index (χ2v) is 4.39. The van der Waals surface area contributed by atoms with Crippen LogP contribution in [0.1, 0.15) is 18.5 Å². The predicted molar refractivity (Wildman–Crippen MR) is 60.6 cm³/mol. The van der Waals surface area contributed by atoms with E-state index in [1.807, 2.05) is 17.9 Å². The van der Waals surface area contributed by atoms with Crippen molar-refractivity contribution in [2.75, 3.05) is 20.1 Å². The number of hydrogen-bond donors (Lipinski definition) is 1. The Kier molecular flexibility index (Phi) is 3.38. The van der Waals surface area contributed by atoms with Crippen molar-refractivity contribution in [1.82, 2.24) is 20.0 Å². The van der Waals surface area contributed by atoms with Crippen LogP contribution in [0.3, 0.4) is 0 Å². The van der Waals surface area contributed by atoms with Crippen LogP contribution in [-0.2, 0) is 13.6 Å². The molecule has 4 nitrogen and oxygen atoms in total. The van der Waals surface area contributed by atoms with Crippen molar-refractivity contribution >= 4 is 0 Å². The van der Waals surface area contributed by atoms with Gasteiger partial charge in [0.2, 0.25) is 0 Å². The second kappa shape index (κ2) is 4.77. The van der Waals surface area contributed by atoms with Crippen LogP contribution in [0.4, 0.5) is 0 Å². The summed E-state index contributed by atoms with van der Waals surface area (Å²) in [6.45, 7) is 3.20. The van der Waals surface area contributed by atoms with E-state index in [1.54, 1.807) is 0 Å². The lowest BCUT2D eigenvalue weighted by Gasteiger charge is -2.19. The molecule has 2 rings (SSSR count). The van der Waals surface area contributed by atoms with Gasteiger partial charge >= 0.3 is 0 Å². The van der Waals surface area contributed by atoms with Crippen molar-refractivity contribution in [2.24, 2.45) is 7.05 Å². The van der Waals surface area contributed by atoms with E-state index in [0.717, 1.165) is 18.8 Å². The molecule has 84 valence electrons. The van der Waals surface area contributed by atoms with E-state index in [1.165, 1.54) is 19.4 Å². The van der Waals surface area contributed by atoms with Crippen molar-refractivity contribution in [3.05, 3.63) is 18.0 Å². The highest BCUT2D eigenvalue weighted by Gasteiger charge is 2.19. The van der Waals surface area contributed by atoms with Gasteiger partial charge in [0.25, 0.3) is 0 Å². The van der Waals surface area contributed by atoms with Crippen LogP contribution in [0, 0.1) is 0 Å². The average molecular weight is 208 g/mol. The third-order valence-electron chi connectivity index (χ3n) is 3.13. The van der Waals surface area contributed by atoms with Crippen molar-refractivity contribution in [3.63, 3.8) is 0 Å². The van der Waals surface area contributed by atoms with E-state index in [0.29, 0.717) is 6.04 Å². The number of likely N-dealkylation sites (tertiary alicyclic amines) is 1. The Morgan fingerprint density at radius 1 is 1.53 bits per heavy atom. The summed E-state index contributed by atoms with van der Waals surface area (Å²) < 4.78 is 1.85. The molecule has 0 bridgehead atoms. The highest BCUT2D eigenvalue weighted by atomic mass is 15.3. The molecule has 0 radical (unpaired) electrons. The molecule has 15 heavy (non-hydrogen) atoms. The van der Waals surface area contributed by atoms with Crippen molar-refractivity contribution in [3.8, 4) is 0 Å². The first-order chi connectivity index (χ1) is 7.25. The minimum Gasteiger partial charge on any atom is -0.310 e. The van der Waals surface area contributed by atoms with E-state index in [9.17, 15) is 0 Å². The van der Waals surface area contributed by atoms with Gasteiger partial charge in [-0.1, -0.05) is 0 Å². The van der Waals surface area contributed by atoms with Crippen LogP contribution in [0.5, 0.6) is 0 Å². The van der Waals surface area contributed by atoms with Gasteiger partial charge in [-0.3, -0.25) is 4.68 Å². The topological polar surface area (TPSA) is 33.1 Å². The highest BCUT2D eigenvalue weighted by molar-refractivity contribution is 4.98. The SMILES string of the molecule is CN1CCCC1CNCc1ccn(C)n1. The summed E-state index contributed by atoms with van der Waals surface area (Å²) in [6.07, 6.45) is 4.65. The molecular weight excluding hydrogens is 188 g/mol. The molecule has 4 heteroatoms. The minimum absolute atomic E-state index is 0.716. The standard InChI is InChI=1S/C11H20N4/c1-14-6-3-4-11(14)9-12-8-10-5-7-15(2)13-10/h5,7,11-12H,3-4,6,8-9H2,1-2H3. The number of aryl methyl sites for hydroxylation is 1. The molecule has 1 aliphatic heterocycles. The number of rotatable bonds is 4. The fraction of sp³-hybridized carbons (Fsp3) is 0.727. The van der Waals surface area contributed by atoms with Crippen LogP contribution in [-0.4, -0.2) is 40.9 Å². The third kappa shape index (κ3) is 2.79. The summed E-state index contributed by atoms with van der Waals surface area (Å²) in [5.74, 6) is 0. The normalized spacial score (nSPS) is 22.4. The fourth-order valence-electron chi connectivity index (χ4n) is 2.16. The van der Waals surface area contributed by atoms with Crippen molar-refractivity contribution < 1.29 is 0 Å². The molecule has 1 aliphatic rings. The average Bonchev–Trinajstić information content (AvgIpc) is 2.77. The van der Waals surface area contributed by atoms with E-state index >= 15 is 0 Å². The van der Waals surface area contributed by atoms with Gasteiger partial charge in [0.15, 0.2) is 0 Å². The van der Waals surface area contributed by atoms with E-state index in [-0.39, 0.29) is 0 Å². The van der Waals surface area contributed by atoms with Gasteiger partial charge in [-0.15, -0.1) is 0 Å². The monoisotopic (exact) mass is 208 g/mol. The van der Waals surface area contributed by atoms with Gasteiger partial charge in [0.1, 0.15) is 0 Å². The second-order valence-electron chi connectivity index (χ2n) is 4.39. The highest BCUT2D eigenvalue weighted by Crippen LogP contribution is 2.13. The zero-order chi connectivity index (χ0) is 10.7. The van der Waals surface area contributed by atoms with Crippen LogP contribution in [0.25, 0.3) is 0 Å². The summed E-state index contributed by atoms with van der Waals surface area (Å²) in [4.78, 5) is 2.44. The van der Waals surface area contributed by atoms with Gasteiger partial charge in [-0.25, -0.2) is 0 Å². The van der Waals surface area contributed by atoms with Crippen LogP contribution < -0.4 is 5.32 Å². The maximum absolute atomic E-state index is 4.33. The molecule has 2 heterocycles. The molecule has 1 unspecified atom stereocenters. The van der Waals surface area contributed by atoms with Gasteiger partial charge in [0.05, 0.1) is 5.69 Å². The van der Waals surface area contributed by atoms with Crippen molar-refractivity contribution in [1.29, 1.82) is 0 Å². The Morgan fingerprint density at radius 2 is 2.40 bits per heavy atom. The number of likely N-dealkylation sites (N-methyl/N-ethyl adjacent to an activating group) is 1. The van der Waals surface area contributed by atoms with Gasteiger partial charge in [-0.2, -0.15) is 5.10 Å². The number of hydrogen-bond acceptors (Lipinski definition) is 3. The first kappa shape index (κ1) is 10.6. The first-order valence-corrected chi connectivity index (χ1v) is 5.65. The Hall–Kier alpha value is -0.870. The molecule has 0 amide bonds. The first-order valence-electron chi connectivity index (χ1n) is 5.65. The summed E-state index contributed by atoms with van der Waals surface area (Å²) in [5, 5.41) is 7.80. The maximum atomic E-state index is 4.33. The van der Waals surface area contributed by atoms with E-state index < -0.39 is 0 Å². The molecule has 1 saturated heterocycles. The van der Waals surface area contributed by atoms with Crippen LogP contribution >= 0.6 is 0 Å². The largest absolute Gasteiger partial charge is 0.310 e. The Labute approximate surface area is 91.3 Å². The molecule has 1 aromatic heterocycles. The Bertz CT molecular complexity index is 307. The number of nitrogens with one attached hydrogen (secondary N) is 1. The van der Waals surface area contributed by atoms with Crippen LogP contribution in [0.15, 0.2) is 12.3 Å². The van der Waals surface area contributed by atoms with Gasteiger partial charge in [0, 0.05) is 32.4 Å². The van der Waals surface area contributed by atoms with Gasteiger partial charge in [-0.05, 0) is 32.5 Å². The molecule has 0 aromatic carbocycles. The fourth-order valence-corrected chi connectivity index (χ4v) is 2.16. The Balaban J connectivity index is 1.70. The lowest BCUT2D eigenvalue weighted by molar-refractivity contribution is 0.300. The maximum Gasteiger partial charge on any atom is 0.0762 e. The van der Waals surface area contributed by atoms with Gasteiger partial charge < -0.3 is 10.2 Å². The van der Waals surface area contributed by atoms with Crippen LogP contribution in [0.2, 0.25) is 0 Å². The summed E-state index contributed by atoms with van der Waals surface area (Å²) >= 11 is 0. The Morgan fingerprint density at radius 3 is 3.00 bits per heavy atom. The molecule has 1 atom stereocenters.